The van der Waals surface area contributed by atoms with Crippen LogP contribution in [-0.2, 0) is 6.42 Å². The van der Waals surface area contributed by atoms with Gasteiger partial charge in [-0.3, -0.25) is 0 Å². The molecule has 2 N–H and O–H groups in total. The van der Waals surface area contributed by atoms with Gasteiger partial charge in [0, 0.05) is 34.0 Å². The molecule has 0 aliphatic carbocycles. The third-order valence-corrected chi connectivity index (χ3v) is 4.18. The fourth-order valence-corrected chi connectivity index (χ4v) is 2.92. The van der Waals surface area contributed by atoms with Gasteiger partial charge in [-0.15, -0.1) is 0 Å². The van der Waals surface area contributed by atoms with E-state index in [2.05, 4.69) is 20.6 Å². The van der Waals surface area contributed by atoms with Gasteiger partial charge < -0.3 is 10.6 Å². The lowest BCUT2D eigenvalue weighted by Gasteiger charge is -2.10. The third kappa shape index (κ3) is 5.08. The van der Waals surface area contributed by atoms with Crippen molar-refractivity contribution in [3.05, 3.63) is 75.9 Å². The SMILES string of the molecule is Cc1cc(Nc2ccccc2)nc(NCCc2ccc(Cl)cc2Cl)n1. The molecular weight excluding hydrogens is 355 g/mol. The first-order valence-corrected chi connectivity index (χ1v) is 8.71. The minimum atomic E-state index is 0.587. The van der Waals surface area contributed by atoms with Crippen molar-refractivity contribution in [2.75, 3.05) is 17.2 Å². The van der Waals surface area contributed by atoms with Crippen molar-refractivity contribution in [2.45, 2.75) is 13.3 Å². The molecule has 0 amide bonds. The summed E-state index contributed by atoms with van der Waals surface area (Å²) in [6.45, 7) is 2.62. The Balaban J connectivity index is 1.64. The maximum absolute atomic E-state index is 6.20. The van der Waals surface area contributed by atoms with Crippen molar-refractivity contribution in [1.29, 1.82) is 0 Å². The first-order chi connectivity index (χ1) is 12.1. The van der Waals surface area contributed by atoms with E-state index in [1.807, 2.05) is 55.5 Å². The van der Waals surface area contributed by atoms with Crippen LogP contribution >= 0.6 is 23.2 Å². The topological polar surface area (TPSA) is 49.8 Å². The van der Waals surface area contributed by atoms with Crippen LogP contribution in [0.5, 0.6) is 0 Å². The van der Waals surface area contributed by atoms with Crippen LogP contribution in [-0.4, -0.2) is 16.5 Å². The van der Waals surface area contributed by atoms with Gasteiger partial charge in [-0.25, -0.2) is 4.98 Å². The van der Waals surface area contributed by atoms with E-state index in [1.165, 1.54) is 0 Å². The lowest BCUT2D eigenvalue weighted by molar-refractivity contribution is 0.976. The Morgan fingerprint density at radius 3 is 2.52 bits per heavy atom. The van der Waals surface area contributed by atoms with Crippen molar-refractivity contribution >= 4 is 40.7 Å². The van der Waals surface area contributed by atoms with E-state index in [9.17, 15) is 0 Å². The van der Waals surface area contributed by atoms with E-state index in [-0.39, 0.29) is 0 Å². The molecule has 0 bridgehead atoms. The van der Waals surface area contributed by atoms with E-state index in [0.29, 0.717) is 22.5 Å². The van der Waals surface area contributed by atoms with Gasteiger partial charge in [0.15, 0.2) is 0 Å². The minimum Gasteiger partial charge on any atom is -0.354 e. The molecule has 3 aromatic rings. The highest BCUT2D eigenvalue weighted by molar-refractivity contribution is 6.35. The van der Waals surface area contributed by atoms with E-state index >= 15 is 0 Å². The highest BCUT2D eigenvalue weighted by atomic mass is 35.5. The number of hydrogen-bond donors (Lipinski definition) is 2. The minimum absolute atomic E-state index is 0.587. The zero-order valence-electron chi connectivity index (χ0n) is 13.8. The summed E-state index contributed by atoms with van der Waals surface area (Å²) < 4.78 is 0. The summed E-state index contributed by atoms with van der Waals surface area (Å²) in [5.41, 5.74) is 2.91. The lowest BCUT2D eigenvalue weighted by Crippen LogP contribution is -2.10. The molecule has 6 heteroatoms. The summed E-state index contributed by atoms with van der Waals surface area (Å²) in [6, 6.07) is 17.4. The van der Waals surface area contributed by atoms with Gasteiger partial charge >= 0.3 is 0 Å². The fourth-order valence-electron chi connectivity index (χ4n) is 2.41. The quantitative estimate of drug-likeness (QED) is 0.600. The van der Waals surface area contributed by atoms with Gasteiger partial charge in [0.1, 0.15) is 5.82 Å². The number of nitrogens with zero attached hydrogens (tertiary/aromatic N) is 2. The molecule has 0 aliphatic rings. The molecule has 0 fully saturated rings. The predicted molar refractivity (Wildman–Crippen MR) is 105 cm³/mol. The maximum atomic E-state index is 6.20. The fraction of sp³-hybridized carbons (Fsp3) is 0.158. The molecule has 0 spiro atoms. The van der Waals surface area contributed by atoms with Crippen LogP contribution in [0, 0.1) is 6.92 Å². The Hall–Kier alpha value is -2.30. The Morgan fingerprint density at radius 2 is 1.76 bits per heavy atom. The van der Waals surface area contributed by atoms with Crippen molar-refractivity contribution in [2.24, 2.45) is 0 Å². The molecule has 0 saturated carbocycles. The second kappa shape index (κ2) is 8.19. The van der Waals surface area contributed by atoms with Crippen molar-refractivity contribution < 1.29 is 0 Å². The number of aryl methyl sites for hydroxylation is 1. The molecule has 0 radical (unpaired) electrons. The van der Waals surface area contributed by atoms with Crippen LogP contribution in [0.3, 0.4) is 0 Å². The van der Waals surface area contributed by atoms with Crippen LogP contribution in [0.25, 0.3) is 0 Å². The molecule has 0 unspecified atom stereocenters. The standard InChI is InChI=1S/C19H18Cl2N4/c1-13-11-18(24-16-5-3-2-4-6-16)25-19(23-13)22-10-9-14-7-8-15(20)12-17(14)21/h2-8,11-12H,9-10H2,1H3,(H2,22,23,24,25). The average molecular weight is 373 g/mol. The summed E-state index contributed by atoms with van der Waals surface area (Å²) in [4.78, 5) is 8.94. The first-order valence-electron chi connectivity index (χ1n) is 7.96. The van der Waals surface area contributed by atoms with E-state index in [4.69, 9.17) is 23.2 Å². The van der Waals surface area contributed by atoms with Crippen LogP contribution in [0.2, 0.25) is 10.0 Å². The normalized spacial score (nSPS) is 10.5. The van der Waals surface area contributed by atoms with Gasteiger partial charge in [0.2, 0.25) is 5.95 Å². The molecule has 4 nitrogen and oxygen atoms in total. The lowest BCUT2D eigenvalue weighted by atomic mass is 10.1. The summed E-state index contributed by atoms with van der Waals surface area (Å²) in [7, 11) is 0. The second-order valence-corrected chi connectivity index (χ2v) is 6.47. The molecule has 0 saturated heterocycles. The summed E-state index contributed by atoms with van der Waals surface area (Å²) in [5.74, 6) is 1.34. The number of benzene rings is 2. The Morgan fingerprint density at radius 1 is 0.960 bits per heavy atom. The highest BCUT2D eigenvalue weighted by Crippen LogP contribution is 2.21. The van der Waals surface area contributed by atoms with Crippen LogP contribution < -0.4 is 10.6 Å². The number of aromatic nitrogens is 2. The molecule has 1 aromatic heterocycles. The number of hydrogen-bond acceptors (Lipinski definition) is 4. The van der Waals surface area contributed by atoms with Crippen LogP contribution in [0.1, 0.15) is 11.3 Å². The van der Waals surface area contributed by atoms with Crippen molar-refractivity contribution in [1.82, 2.24) is 9.97 Å². The summed E-state index contributed by atoms with van der Waals surface area (Å²) in [5, 5.41) is 7.84. The number of rotatable bonds is 6. The molecule has 0 atom stereocenters. The molecular formula is C19H18Cl2N4. The Bertz CT molecular complexity index is 853. The van der Waals surface area contributed by atoms with E-state index in [0.717, 1.165) is 29.2 Å². The van der Waals surface area contributed by atoms with Crippen LogP contribution in [0.4, 0.5) is 17.5 Å². The van der Waals surface area contributed by atoms with Gasteiger partial charge in [-0.1, -0.05) is 47.5 Å². The Labute approximate surface area is 157 Å². The second-order valence-electron chi connectivity index (χ2n) is 5.62. The first kappa shape index (κ1) is 17.5. The maximum Gasteiger partial charge on any atom is 0.224 e. The summed E-state index contributed by atoms with van der Waals surface area (Å²) >= 11 is 12.1. The number of halogens is 2. The molecule has 0 aliphatic heterocycles. The number of para-hydroxylation sites is 1. The van der Waals surface area contributed by atoms with Gasteiger partial charge in [-0.05, 0) is 43.2 Å². The molecule has 1 heterocycles. The van der Waals surface area contributed by atoms with E-state index in [1.54, 1.807) is 6.07 Å². The largest absolute Gasteiger partial charge is 0.354 e. The summed E-state index contributed by atoms with van der Waals surface area (Å²) in [6.07, 6.45) is 0.759. The van der Waals surface area contributed by atoms with Gasteiger partial charge in [-0.2, -0.15) is 4.98 Å². The zero-order chi connectivity index (χ0) is 17.6. The predicted octanol–water partition coefficient (Wildman–Crippen LogP) is 5.49. The van der Waals surface area contributed by atoms with Gasteiger partial charge in [0.25, 0.3) is 0 Å². The third-order valence-electron chi connectivity index (χ3n) is 3.59. The Kier molecular flexibility index (Phi) is 5.74. The number of nitrogens with one attached hydrogen (secondary N) is 2. The van der Waals surface area contributed by atoms with E-state index < -0.39 is 0 Å². The molecule has 25 heavy (non-hydrogen) atoms. The van der Waals surface area contributed by atoms with Crippen LogP contribution in [0.15, 0.2) is 54.6 Å². The number of anilines is 3. The van der Waals surface area contributed by atoms with Crippen molar-refractivity contribution in [3.8, 4) is 0 Å². The molecule has 128 valence electrons. The molecule has 3 rings (SSSR count). The average Bonchev–Trinajstić information content (AvgIpc) is 2.57. The highest BCUT2D eigenvalue weighted by Gasteiger charge is 2.05. The zero-order valence-corrected chi connectivity index (χ0v) is 15.3. The smallest absolute Gasteiger partial charge is 0.224 e. The van der Waals surface area contributed by atoms with Gasteiger partial charge in [0.05, 0.1) is 0 Å². The molecule has 2 aromatic carbocycles. The monoisotopic (exact) mass is 372 g/mol. The van der Waals surface area contributed by atoms with Crippen molar-refractivity contribution in [3.63, 3.8) is 0 Å².